The van der Waals surface area contributed by atoms with Crippen LogP contribution in [0.2, 0.25) is 0 Å². The zero-order valence-electron chi connectivity index (χ0n) is 15.4. The molecule has 132 valence electrons. The Morgan fingerprint density at radius 2 is 1.81 bits per heavy atom. The number of benzene rings is 2. The lowest BCUT2D eigenvalue weighted by atomic mass is 9.94. The number of hydrogen-bond donors (Lipinski definition) is 1. The van der Waals surface area contributed by atoms with Crippen LogP contribution in [0, 0.1) is 24.2 Å². The fourth-order valence-electron chi connectivity index (χ4n) is 3.38. The Kier molecular flexibility index (Phi) is 4.92. The average Bonchev–Trinajstić information content (AvgIpc) is 2.64. The molecular weight excluding hydrogens is 322 g/mol. The lowest BCUT2D eigenvalue weighted by molar-refractivity contribution is 0.499. The van der Waals surface area contributed by atoms with Crippen molar-refractivity contribution in [1.29, 1.82) is 5.26 Å². The summed E-state index contributed by atoms with van der Waals surface area (Å²) in [4.78, 5) is 13.1. The van der Waals surface area contributed by atoms with Gasteiger partial charge in [-0.15, -0.1) is 0 Å². The van der Waals surface area contributed by atoms with Gasteiger partial charge in [-0.2, -0.15) is 5.26 Å². The van der Waals surface area contributed by atoms with E-state index in [-0.39, 0.29) is 12.1 Å². The highest BCUT2D eigenvalue weighted by Crippen LogP contribution is 2.31. The minimum atomic E-state index is -0.0468. The van der Waals surface area contributed by atoms with Crippen LogP contribution in [0.3, 0.4) is 0 Å². The number of rotatable bonds is 4. The van der Waals surface area contributed by atoms with Crippen molar-refractivity contribution >= 4 is 10.8 Å². The molecule has 0 aliphatic heterocycles. The van der Waals surface area contributed by atoms with Crippen LogP contribution in [-0.2, 0) is 13.1 Å². The van der Waals surface area contributed by atoms with Gasteiger partial charge >= 0.3 is 0 Å². The van der Waals surface area contributed by atoms with Gasteiger partial charge in [0.05, 0.1) is 11.6 Å². The molecule has 26 heavy (non-hydrogen) atoms. The van der Waals surface area contributed by atoms with Crippen molar-refractivity contribution in [2.24, 2.45) is 11.7 Å². The van der Waals surface area contributed by atoms with Crippen LogP contribution in [0.15, 0.2) is 47.3 Å². The Morgan fingerprint density at radius 3 is 2.38 bits per heavy atom. The third kappa shape index (κ3) is 3.14. The van der Waals surface area contributed by atoms with Crippen LogP contribution >= 0.6 is 0 Å². The molecule has 0 unspecified atom stereocenters. The van der Waals surface area contributed by atoms with Crippen molar-refractivity contribution < 1.29 is 0 Å². The van der Waals surface area contributed by atoms with E-state index >= 15 is 0 Å². The summed E-state index contributed by atoms with van der Waals surface area (Å²) in [5.74, 6) is 0.319. The summed E-state index contributed by atoms with van der Waals surface area (Å²) in [6, 6.07) is 15.6. The number of nitrogens with two attached hydrogens (primary N) is 1. The van der Waals surface area contributed by atoms with Gasteiger partial charge in [-0.1, -0.05) is 43.7 Å². The van der Waals surface area contributed by atoms with E-state index in [0.29, 0.717) is 23.4 Å². The van der Waals surface area contributed by atoms with Crippen molar-refractivity contribution in [3.05, 3.63) is 69.6 Å². The lowest BCUT2D eigenvalue weighted by Gasteiger charge is -2.20. The molecule has 0 atom stereocenters. The maximum atomic E-state index is 13.1. The van der Waals surface area contributed by atoms with E-state index in [1.807, 2.05) is 31.2 Å². The predicted molar refractivity (Wildman–Crippen MR) is 106 cm³/mol. The Bertz CT molecular complexity index is 1050. The van der Waals surface area contributed by atoms with Gasteiger partial charge in [-0.3, -0.25) is 4.79 Å². The lowest BCUT2D eigenvalue weighted by Crippen LogP contribution is -2.28. The Hall–Kier alpha value is -2.90. The predicted octanol–water partition coefficient (Wildman–Crippen LogP) is 3.96. The molecule has 1 heterocycles. The molecule has 0 saturated carbocycles. The van der Waals surface area contributed by atoms with Gasteiger partial charge in [-0.25, -0.2) is 0 Å². The van der Waals surface area contributed by atoms with E-state index in [2.05, 4.69) is 19.9 Å². The summed E-state index contributed by atoms with van der Waals surface area (Å²) < 4.78 is 1.80. The molecule has 0 aliphatic rings. The SMILES string of the molecule is Cc1ccc(-c2c(CN)n(CC(C)C)c(=O)c3ccc(C#N)cc23)cc1. The number of fused-ring (bicyclic) bond motifs is 1. The minimum Gasteiger partial charge on any atom is -0.325 e. The molecule has 0 spiro atoms. The first kappa shape index (κ1) is 17.9. The standard InChI is InChI=1S/C22H23N3O/c1-14(2)13-25-20(12-24)21(17-7-4-15(3)5-8-17)19-10-16(11-23)6-9-18(19)22(25)26/h4-10,14H,12-13,24H2,1-3H3. The van der Waals surface area contributed by atoms with Gasteiger partial charge in [0, 0.05) is 29.7 Å². The second kappa shape index (κ2) is 7.15. The molecule has 0 fully saturated rings. The van der Waals surface area contributed by atoms with Gasteiger partial charge in [0.15, 0.2) is 0 Å². The number of hydrogen-bond acceptors (Lipinski definition) is 3. The summed E-state index contributed by atoms with van der Waals surface area (Å²) in [5, 5.41) is 10.7. The summed E-state index contributed by atoms with van der Waals surface area (Å²) in [6.07, 6.45) is 0. The summed E-state index contributed by atoms with van der Waals surface area (Å²) in [7, 11) is 0. The van der Waals surface area contributed by atoms with Gasteiger partial charge in [0.2, 0.25) is 0 Å². The first-order chi connectivity index (χ1) is 12.5. The minimum absolute atomic E-state index is 0.0468. The van der Waals surface area contributed by atoms with Crippen LogP contribution in [0.5, 0.6) is 0 Å². The molecule has 1 aromatic heterocycles. The fourth-order valence-corrected chi connectivity index (χ4v) is 3.38. The molecule has 4 heteroatoms. The van der Waals surface area contributed by atoms with Crippen molar-refractivity contribution in [1.82, 2.24) is 4.57 Å². The van der Waals surface area contributed by atoms with Crippen LogP contribution in [0.25, 0.3) is 21.9 Å². The molecule has 2 N–H and O–H groups in total. The molecule has 0 radical (unpaired) electrons. The highest BCUT2D eigenvalue weighted by Gasteiger charge is 2.18. The molecule has 4 nitrogen and oxygen atoms in total. The van der Waals surface area contributed by atoms with E-state index in [1.54, 1.807) is 22.8 Å². The summed E-state index contributed by atoms with van der Waals surface area (Å²) >= 11 is 0. The average molecular weight is 345 g/mol. The Labute approximate surface area is 153 Å². The van der Waals surface area contributed by atoms with Crippen LogP contribution in [0.1, 0.15) is 30.7 Å². The van der Waals surface area contributed by atoms with Crippen LogP contribution < -0.4 is 11.3 Å². The van der Waals surface area contributed by atoms with Gasteiger partial charge in [0.1, 0.15) is 0 Å². The van der Waals surface area contributed by atoms with E-state index < -0.39 is 0 Å². The monoisotopic (exact) mass is 345 g/mol. The molecule has 3 aromatic rings. The highest BCUT2D eigenvalue weighted by atomic mass is 16.1. The fraction of sp³-hybridized carbons (Fsp3) is 0.273. The highest BCUT2D eigenvalue weighted by molar-refractivity contribution is 5.98. The molecule has 0 amide bonds. The molecule has 0 aliphatic carbocycles. The molecule has 0 saturated heterocycles. The van der Waals surface area contributed by atoms with E-state index in [1.165, 1.54) is 5.56 Å². The Morgan fingerprint density at radius 1 is 1.12 bits per heavy atom. The van der Waals surface area contributed by atoms with Crippen molar-refractivity contribution in [2.75, 3.05) is 0 Å². The second-order valence-electron chi connectivity index (χ2n) is 7.07. The van der Waals surface area contributed by atoms with E-state index in [4.69, 9.17) is 5.73 Å². The number of nitrogens with zero attached hydrogens (tertiary/aromatic N) is 2. The van der Waals surface area contributed by atoms with Crippen LogP contribution in [-0.4, -0.2) is 4.57 Å². The smallest absolute Gasteiger partial charge is 0.258 e. The molecular formula is C22H23N3O. The Balaban J connectivity index is 2.48. The molecule has 0 bridgehead atoms. The third-order valence-corrected chi connectivity index (χ3v) is 4.59. The number of aryl methyl sites for hydroxylation is 1. The zero-order chi connectivity index (χ0) is 18.8. The summed E-state index contributed by atoms with van der Waals surface area (Å²) in [6.45, 7) is 7.08. The second-order valence-corrected chi connectivity index (χ2v) is 7.07. The zero-order valence-corrected chi connectivity index (χ0v) is 15.4. The first-order valence-corrected chi connectivity index (χ1v) is 8.83. The van der Waals surface area contributed by atoms with E-state index in [0.717, 1.165) is 22.2 Å². The molecule has 3 rings (SSSR count). The van der Waals surface area contributed by atoms with Crippen molar-refractivity contribution in [3.8, 4) is 17.2 Å². The first-order valence-electron chi connectivity index (χ1n) is 8.83. The molecule has 2 aromatic carbocycles. The summed E-state index contributed by atoms with van der Waals surface area (Å²) in [5.41, 5.74) is 10.5. The largest absolute Gasteiger partial charge is 0.325 e. The van der Waals surface area contributed by atoms with Gasteiger partial charge < -0.3 is 10.3 Å². The van der Waals surface area contributed by atoms with Gasteiger partial charge in [-0.05, 0) is 42.0 Å². The maximum Gasteiger partial charge on any atom is 0.258 e. The normalized spacial score (nSPS) is 11.1. The maximum absolute atomic E-state index is 13.1. The topological polar surface area (TPSA) is 71.8 Å². The third-order valence-electron chi connectivity index (χ3n) is 4.59. The van der Waals surface area contributed by atoms with E-state index in [9.17, 15) is 10.1 Å². The quantitative estimate of drug-likeness (QED) is 0.778. The number of pyridine rings is 1. The van der Waals surface area contributed by atoms with Crippen LogP contribution in [0.4, 0.5) is 0 Å². The van der Waals surface area contributed by atoms with Crippen molar-refractivity contribution in [2.45, 2.75) is 33.9 Å². The van der Waals surface area contributed by atoms with Crippen molar-refractivity contribution in [3.63, 3.8) is 0 Å². The number of nitriles is 1. The van der Waals surface area contributed by atoms with Gasteiger partial charge in [0.25, 0.3) is 5.56 Å². The number of aromatic nitrogens is 1.